The maximum absolute atomic E-state index is 12.2. The normalized spacial score (nSPS) is 12.0. The third-order valence-corrected chi connectivity index (χ3v) is 2.97. The summed E-state index contributed by atoms with van der Waals surface area (Å²) in [5.74, 6) is 5.67. The van der Waals surface area contributed by atoms with Gasteiger partial charge in [0.25, 0.3) is 5.91 Å². The molecule has 1 unspecified atom stereocenters. The first-order valence-electron chi connectivity index (χ1n) is 6.92. The number of nitrogens with zero attached hydrogens (tertiary/aromatic N) is 1. The Bertz CT molecular complexity index is 454. The highest BCUT2D eigenvalue weighted by Gasteiger charge is 2.12. The number of pyridine rings is 1. The van der Waals surface area contributed by atoms with Gasteiger partial charge >= 0.3 is 0 Å². The molecule has 1 atom stereocenters. The zero-order valence-electron chi connectivity index (χ0n) is 12.8. The summed E-state index contributed by atoms with van der Waals surface area (Å²) < 4.78 is 10.2. The smallest absolute Gasteiger partial charge is 0.251 e. The first kappa shape index (κ1) is 17.4. The molecule has 7 nitrogen and oxygen atoms in total. The zero-order valence-corrected chi connectivity index (χ0v) is 12.8. The third-order valence-electron chi connectivity index (χ3n) is 2.97. The SMILES string of the molecule is CCCc1cc(C(=O)NCC(COC)OC)cc(NN)n1. The van der Waals surface area contributed by atoms with Crippen LogP contribution in [0.5, 0.6) is 0 Å². The van der Waals surface area contributed by atoms with Crippen LogP contribution in [0.3, 0.4) is 0 Å². The summed E-state index contributed by atoms with van der Waals surface area (Å²) in [5, 5.41) is 2.82. The van der Waals surface area contributed by atoms with E-state index in [0.717, 1.165) is 18.5 Å². The van der Waals surface area contributed by atoms with Crippen LogP contribution in [-0.4, -0.2) is 44.4 Å². The fraction of sp³-hybridized carbons (Fsp3) is 0.571. The van der Waals surface area contributed by atoms with Crippen molar-refractivity contribution in [3.05, 3.63) is 23.4 Å². The van der Waals surface area contributed by atoms with Crippen LogP contribution in [-0.2, 0) is 15.9 Å². The summed E-state index contributed by atoms with van der Waals surface area (Å²) in [7, 11) is 3.17. The quantitative estimate of drug-likeness (QED) is 0.458. The maximum atomic E-state index is 12.2. The van der Waals surface area contributed by atoms with Gasteiger partial charge in [-0.3, -0.25) is 4.79 Å². The lowest BCUT2D eigenvalue weighted by molar-refractivity contribution is 0.0285. The summed E-state index contributed by atoms with van der Waals surface area (Å²) in [5.41, 5.74) is 3.84. The van der Waals surface area contributed by atoms with Gasteiger partial charge in [-0.05, 0) is 18.6 Å². The number of hydrogen-bond donors (Lipinski definition) is 3. The molecule has 1 aromatic heterocycles. The molecule has 0 saturated carbocycles. The highest BCUT2D eigenvalue weighted by molar-refractivity contribution is 5.95. The summed E-state index contributed by atoms with van der Waals surface area (Å²) >= 11 is 0. The van der Waals surface area contributed by atoms with Gasteiger partial charge in [-0.15, -0.1) is 0 Å². The van der Waals surface area contributed by atoms with Gasteiger partial charge < -0.3 is 20.2 Å². The Morgan fingerprint density at radius 1 is 1.43 bits per heavy atom. The van der Waals surface area contributed by atoms with E-state index in [1.807, 2.05) is 0 Å². The topological polar surface area (TPSA) is 98.5 Å². The maximum Gasteiger partial charge on any atom is 0.251 e. The lowest BCUT2D eigenvalue weighted by Crippen LogP contribution is -2.35. The average molecular weight is 296 g/mol. The Morgan fingerprint density at radius 3 is 2.76 bits per heavy atom. The van der Waals surface area contributed by atoms with E-state index >= 15 is 0 Å². The van der Waals surface area contributed by atoms with Crippen LogP contribution >= 0.6 is 0 Å². The van der Waals surface area contributed by atoms with Crippen molar-refractivity contribution in [3.63, 3.8) is 0 Å². The van der Waals surface area contributed by atoms with Crippen LogP contribution in [0.15, 0.2) is 12.1 Å². The summed E-state index contributed by atoms with van der Waals surface area (Å²) in [4.78, 5) is 16.5. The molecule has 21 heavy (non-hydrogen) atoms. The molecule has 0 bridgehead atoms. The molecule has 0 aliphatic carbocycles. The van der Waals surface area contributed by atoms with Crippen LogP contribution in [0.1, 0.15) is 29.4 Å². The number of aromatic nitrogens is 1. The van der Waals surface area contributed by atoms with Crippen molar-refractivity contribution in [2.75, 3.05) is 32.8 Å². The van der Waals surface area contributed by atoms with Crippen molar-refractivity contribution < 1.29 is 14.3 Å². The van der Waals surface area contributed by atoms with E-state index in [9.17, 15) is 4.79 Å². The Morgan fingerprint density at radius 2 is 2.19 bits per heavy atom. The number of carbonyl (C=O) groups is 1. The highest BCUT2D eigenvalue weighted by Crippen LogP contribution is 2.11. The third kappa shape index (κ3) is 5.66. The first-order valence-corrected chi connectivity index (χ1v) is 6.92. The minimum absolute atomic E-state index is 0.178. The van der Waals surface area contributed by atoms with E-state index in [1.165, 1.54) is 0 Å². The van der Waals surface area contributed by atoms with Gasteiger partial charge in [-0.1, -0.05) is 13.3 Å². The molecule has 0 aliphatic rings. The van der Waals surface area contributed by atoms with E-state index < -0.39 is 0 Å². The number of nitrogen functional groups attached to an aromatic ring is 1. The number of nitrogens with two attached hydrogens (primary N) is 1. The molecular formula is C14H24N4O3. The molecule has 1 heterocycles. The predicted octanol–water partition coefficient (Wildman–Crippen LogP) is 0.711. The Kier molecular flexibility index (Phi) is 7.66. The van der Waals surface area contributed by atoms with E-state index in [4.69, 9.17) is 15.3 Å². The van der Waals surface area contributed by atoms with E-state index in [-0.39, 0.29) is 12.0 Å². The van der Waals surface area contributed by atoms with Gasteiger partial charge in [0, 0.05) is 32.0 Å². The average Bonchev–Trinajstić information content (AvgIpc) is 2.51. The zero-order chi connectivity index (χ0) is 15.7. The minimum atomic E-state index is -0.190. The van der Waals surface area contributed by atoms with Gasteiger partial charge in [0.2, 0.25) is 0 Å². The predicted molar refractivity (Wildman–Crippen MR) is 81.0 cm³/mol. The van der Waals surface area contributed by atoms with Gasteiger partial charge in [0.15, 0.2) is 0 Å². The summed E-state index contributed by atoms with van der Waals surface area (Å²) in [6.45, 7) is 2.85. The van der Waals surface area contributed by atoms with Crippen LogP contribution in [0.2, 0.25) is 0 Å². The van der Waals surface area contributed by atoms with Crippen molar-refractivity contribution in [2.24, 2.45) is 5.84 Å². The lowest BCUT2D eigenvalue weighted by atomic mass is 10.1. The molecule has 0 saturated heterocycles. The van der Waals surface area contributed by atoms with Crippen molar-refractivity contribution in [1.82, 2.24) is 10.3 Å². The number of hydrogen-bond acceptors (Lipinski definition) is 6. The molecule has 0 aromatic carbocycles. The summed E-state index contributed by atoms with van der Waals surface area (Å²) in [6.07, 6.45) is 1.56. The van der Waals surface area contributed by atoms with Gasteiger partial charge in [0.1, 0.15) is 5.82 Å². The number of amides is 1. The van der Waals surface area contributed by atoms with Crippen molar-refractivity contribution >= 4 is 11.7 Å². The van der Waals surface area contributed by atoms with Gasteiger partial charge in [0.05, 0.1) is 12.7 Å². The standard InChI is InChI=1S/C14H24N4O3/c1-4-5-11-6-10(7-13(17-11)18-15)14(19)16-8-12(21-3)9-20-2/h6-7,12H,4-5,8-9,15H2,1-3H3,(H,16,19)(H,17,18). The number of anilines is 1. The van der Waals surface area contributed by atoms with E-state index in [1.54, 1.807) is 26.4 Å². The first-order chi connectivity index (χ1) is 10.1. The molecule has 0 spiro atoms. The molecule has 1 aromatic rings. The highest BCUT2D eigenvalue weighted by atomic mass is 16.5. The lowest BCUT2D eigenvalue weighted by Gasteiger charge is -2.15. The van der Waals surface area contributed by atoms with Crippen LogP contribution < -0.4 is 16.6 Å². The monoisotopic (exact) mass is 296 g/mol. The van der Waals surface area contributed by atoms with Crippen molar-refractivity contribution in [3.8, 4) is 0 Å². The van der Waals surface area contributed by atoms with Gasteiger partial charge in [-0.25, -0.2) is 10.8 Å². The molecule has 0 fully saturated rings. The molecule has 0 aliphatic heterocycles. The number of methoxy groups -OCH3 is 2. The minimum Gasteiger partial charge on any atom is -0.382 e. The largest absolute Gasteiger partial charge is 0.382 e. The number of ether oxygens (including phenoxy) is 2. The number of aryl methyl sites for hydroxylation is 1. The number of nitrogens with one attached hydrogen (secondary N) is 2. The number of hydrazine groups is 1. The van der Waals surface area contributed by atoms with Crippen LogP contribution in [0, 0.1) is 0 Å². The second-order valence-corrected chi connectivity index (χ2v) is 4.65. The van der Waals surface area contributed by atoms with Crippen LogP contribution in [0.4, 0.5) is 5.82 Å². The Hall–Kier alpha value is -1.70. The molecule has 0 radical (unpaired) electrons. The molecule has 1 rings (SSSR count). The molecule has 4 N–H and O–H groups in total. The molecule has 1 amide bonds. The summed E-state index contributed by atoms with van der Waals surface area (Å²) in [6, 6.07) is 3.39. The Labute approximate surface area is 125 Å². The fourth-order valence-electron chi connectivity index (χ4n) is 1.88. The van der Waals surface area contributed by atoms with Gasteiger partial charge in [-0.2, -0.15) is 0 Å². The van der Waals surface area contributed by atoms with E-state index in [0.29, 0.717) is 24.5 Å². The second kappa shape index (κ2) is 9.28. The fourth-order valence-corrected chi connectivity index (χ4v) is 1.88. The molecular weight excluding hydrogens is 272 g/mol. The van der Waals surface area contributed by atoms with E-state index in [2.05, 4.69) is 22.7 Å². The van der Waals surface area contributed by atoms with Crippen molar-refractivity contribution in [1.29, 1.82) is 0 Å². The molecule has 7 heteroatoms. The number of carbonyl (C=O) groups excluding carboxylic acids is 1. The Balaban J connectivity index is 2.74. The second-order valence-electron chi connectivity index (χ2n) is 4.65. The van der Waals surface area contributed by atoms with Crippen molar-refractivity contribution in [2.45, 2.75) is 25.9 Å². The van der Waals surface area contributed by atoms with Crippen LogP contribution in [0.25, 0.3) is 0 Å². The number of rotatable bonds is 9. The molecule has 118 valence electrons.